The van der Waals surface area contributed by atoms with Crippen LogP contribution in [0.2, 0.25) is 0 Å². The van der Waals surface area contributed by atoms with Gasteiger partial charge in [0.25, 0.3) is 5.91 Å². The summed E-state index contributed by atoms with van der Waals surface area (Å²) in [6.07, 6.45) is 0.691. The van der Waals surface area contributed by atoms with Gasteiger partial charge >= 0.3 is 6.09 Å². The largest absolute Gasteiger partial charge is 0.444 e. The monoisotopic (exact) mass is 519 g/mol. The van der Waals surface area contributed by atoms with Gasteiger partial charge in [-0.1, -0.05) is 36.4 Å². The maximum absolute atomic E-state index is 13.1. The maximum atomic E-state index is 13.1. The SMILES string of the molecule is CC(C)(C)OC(=O)N1CCN(c2ccccc2NC(=O)c2csc(N3CCc4ccccc4C3)n2)CC1. The minimum atomic E-state index is -0.515. The van der Waals surface area contributed by atoms with E-state index >= 15 is 0 Å². The summed E-state index contributed by atoms with van der Waals surface area (Å²) < 4.78 is 5.51. The lowest BCUT2D eigenvalue weighted by Crippen LogP contribution is -2.50. The van der Waals surface area contributed by atoms with Crippen LogP contribution in [0.1, 0.15) is 42.4 Å². The summed E-state index contributed by atoms with van der Waals surface area (Å²) in [4.78, 5) is 36.4. The number of rotatable bonds is 4. The Hall–Kier alpha value is -3.59. The molecule has 2 aromatic carbocycles. The summed E-state index contributed by atoms with van der Waals surface area (Å²) in [6.45, 7) is 9.75. The van der Waals surface area contributed by atoms with Crippen LogP contribution >= 0.6 is 11.3 Å². The third-order valence-corrected chi connectivity index (χ3v) is 7.45. The van der Waals surface area contributed by atoms with Crippen LogP contribution in [-0.4, -0.2) is 60.2 Å². The van der Waals surface area contributed by atoms with Crippen molar-refractivity contribution < 1.29 is 14.3 Å². The van der Waals surface area contributed by atoms with Crippen molar-refractivity contribution in [3.8, 4) is 0 Å². The lowest BCUT2D eigenvalue weighted by molar-refractivity contribution is 0.0240. The third-order valence-electron chi connectivity index (χ3n) is 6.55. The van der Waals surface area contributed by atoms with E-state index in [2.05, 4.69) is 44.4 Å². The smallest absolute Gasteiger partial charge is 0.410 e. The van der Waals surface area contributed by atoms with E-state index in [1.165, 1.54) is 22.5 Å². The Kier molecular flexibility index (Phi) is 7.06. The molecule has 5 rings (SSSR count). The molecule has 1 saturated heterocycles. The molecule has 3 heterocycles. The highest BCUT2D eigenvalue weighted by Gasteiger charge is 2.27. The van der Waals surface area contributed by atoms with E-state index in [0.717, 1.165) is 36.0 Å². The summed E-state index contributed by atoms with van der Waals surface area (Å²) in [7, 11) is 0. The molecule has 2 aliphatic rings. The average Bonchev–Trinajstić information content (AvgIpc) is 3.39. The number of fused-ring (bicyclic) bond motifs is 1. The van der Waals surface area contributed by atoms with Crippen LogP contribution in [0.15, 0.2) is 53.9 Å². The number of piperazine rings is 1. The third kappa shape index (κ3) is 5.88. The topological polar surface area (TPSA) is 78.0 Å². The fraction of sp³-hybridized carbons (Fsp3) is 0.393. The molecule has 2 amide bonds. The molecule has 0 aliphatic carbocycles. The lowest BCUT2D eigenvalue weighted by Gasteiger charge is -2.37. The Morgan fingerprint density at radius 2 is 1.62 bits per heavy atom. The number of benzene rings is 2. The maximum Gasteiger partial charge on any atom is 0.410 e. The zero-order valence-electron chi connectivity index (χ0n) is 21.6. The number of ether oxygens (including phenoxy) is 1. The molecule has 8 nitrogen and oxygen atoms in total. The Morgan fingerprint density at radius 1 is 0.919 bits per heavy atom. The van der Waals surface area contributed by atoms with Crippen molar-refractivity contribution in [2.45, 2.75) is 39.3 Å². The van der Waals surface area contributed by atoms with Gasteiger partial charge in [-0.3, -0.25) is 4.79 Å². The van der Waals surface area contributed by atoms with Crippen molar-refractivity contribution in [2.75, 3.05) is 47.8 Å². The lowest BCUT2D eigenvalue weighted by atomic mass is 10.0. The molecule has 0 spiro atoms. The summed E-state index contributed by atoms with van der Waals surface area (Å²) in [5, 5.41) is 5.75. The molecular formula is C28H33N5O3S. The molecule has 1 fully saturated rings. The van der Waals surface area contributed by atoms with Gasteiger partial charge in [0.05, 0.1) is 11.4 Å². The van der Waals surface area contributed by atoms with E-state index in [-0.39, 0.29) is 12.0 Å². The number of anilines is 3. The first-order valence-electron chi connectivity index (χ1n) is 12.7. The number of thiazole rings is 1. The second-order valence-electron chi connectivity index (χ2n) is 10.4. The first-order valence-corrected chi connectivity index (χ1v) is 13.6. The van der Waals surface area contributed by atoms with Crippen LogP contribution in [0.25, 0.3) is 0 Å². The number of carbonyl (C=O) groups is 2. The molecule has 1 N–H and O–H groups in total. The number of para-hydroxylation sites is 2. The molecule has 9 heteroatoms. The standard InChI is InChI=1S/C28H33N5O3S/c1-28(2,3)36-27(35)32-16-14-31(15-17-32)24-11-7-6-10-22(24)29-25(34)23-19-37-26(30-23)33-13-12-20-8-4-5-9-21(20)18-33/h4-11,19H,12-18H2,1-3H3,(H,29,34). The van der Waals surface area contributed by atoms with Gasteiger partial charge in [0.15, 0.2) is 5.13 Å². The van der Waals surface area contributed by atoms with Gasteiger partial charge in [0, 0.05) is 44.6 Å². The number of hydrogen-bond donors (Lipinski definition) is 1. The minimum Gasteiger partial charge on any atom is -0.444 e. The Labute approximate surface area is 221 Å². The van der Waals surface area contributed by atoms with Gasteiger partial charge in [-0.05, 0) is 50.5 Å². The van der Waals surface area contributed by atoms with Crippen LogP contribution in [0.4, 0.5) is 21.3 Å². The number of hydrogen-bond acceptors (Lipinski definition) is 7. The molecule has 0 radical (unpaired) electrons. The quantitative estimate of drug-likeness (QED) is 0.522. The van der Waals surface area contributed by atoms with Crippen LogP contribution in [0.5, 0.6) is 0 Å². The van der Waals surface area contributed by atoms with Gasteiger partial charge in [-0.2, -0.15) is 0 Å². The number of amides is 2. The number of aromatic nitrogens is 1. The minimum absolute atomic E-state index is 0.222. The van der Waals surface area contributed by atoms with E-state index in [1.807, 2.05) is 50.4 Å². The predicted molar refractivity (Wildman–Crippen MR) is 148 cm³/mol. The fourth-order valence-corrected chi connectivity index (χ4v) is 5.50. The zero-order chi connectivity index (χ0) is 26.0. The molecule has 0 bridgehead atoms. The molecular weight excluding hydrogens is 486 g/mol. The Balaban J connectivity index is 1.22. The number of carbonyl (C=O) groups excluding carboxylic acids is 2. The summed E-state index contributed by atoms with van der Waals surface area (Å²) in [5.41, 5.74) is 4.28. The van der Waals surface area contributed by atoms with Crippen molar-refractivity contribution in [3.05, 3.63) is 70.7 Å². The number of nitrogens with zero attached hydrogens (tertiary/aromatic N) is 4. The molecule has 3 aromatic rings. The van der Waals surface area contributed by atoms with E-state index < -0.39 is 5.60 Å². The average molecular weight is 520 g/mol. The number of nitrogens with one attached hydrogen (secondary N) is 1. The zero-order valence-corrected chi connectivity index (χ0v) is 22.4. The Bertz CT molecular complexity index is 1280. The fourth-order valence-electron chi connectivity index (χ4n) is 4.67. The first kappa shape index (κ1) is 25.1. The van der Waals surface area contributed by atoms with Gasteiger partial charge in [-0.15, -0.1) is 11.3 Å². The van der Waals surface area contributed by atoms with Gasteiger partial charge in [0.1, 0.15) is 11.3 Å². The van der Waals surface area contributed by atoms with E-state index in [1.54, 1.807) is 4.90 Å². The van der Waals surface area contributed by atoms with Crippen LogP contribution in [-0.2, 0) is 17.7 Å². The van der Waals surface area contributed by atoms with Gasteiger partial charge in [-0.25, -0.2) is 9.78 Å². The van der Waals surface area contributed by atoms with E-state index in [0.29, 0.717) is 31.9 Å². The van der Waals surface area contributed by atoms with Crippen LogP contribution < -0.4 is 15.1 Å². The summed E-state index contributed by atoms with van der Waals surface area (Å²) in [6, 6.07) is 16.3. The second kappa shape index (κ2) is 10.4. The van der Waals surface area contributed by atoms with Gasteiger partial charge < -0.3 is 24.8 Å². The predicted octanol–water partition coefficient (Wildman–Crippen LogP) is 5.02. The molecule has 0 saturated carbocycles. The highest BCUT2D eigenvalue weighted by Crippen LogP contribution is 2.30. The molecule has 0 atom stereocenters. The van der Waals surface area contributed by atoms with E-state index in [4.69, 9.17) is 4.74 Å². The van der Waals surface area contributed by atoms with Crippen LogP contribution in [0.3, 0.4) is 0 Å². The van der Waals surface area contributed by atoms with Crippen molar-refractivity contribution in [1.82, 2.24) is 9.88 Å². The Morgan fingerprint density at radius 3 is 2.38 bits per heavy atom. The summed E-state index contributed by atoms with van der Waals surface area (Å²) >= 11 is 1.50. The molecule has 1 aromatic heterocycles. The van der Waals surface area contributed by atoms with Crippen molar-refractivity contribution >= 4 is 39.8 Å². The second-order valence-corrected chi connectivity index (χ2v) is 11.2. The highest BCUT2D eigenvalue weighted by atomic mass is 32.1. The van der Waals surface area contributed by atoms with Crippen molar-refractivity contribution in [3.63, 3.8) is 0 Å². The normalized spacial score (nSPS) is 15.8. The van der Waals surface area contributed by atoms with Crippen molar-refractivity contribution in [1.29, 1.82) is 0 Å². The van der Waals surface area contributed by atoms with Crippen molar-refractivity contribution in [2.24, 2.45) is 0 Å². The van der Waals surface area contributed by atoms with E-state index in [9.17, 15) is 9.59 Å². The highest BCUT2D eigenvalue weighted by molar-refractivity contribution is 7.14. The first-order chi connectivity index (χ1) is 17.8. The molecule has 0 unspecified atom stereocenters. The summed E-state index contributed by atoms with van der Waals surface area (Å²) in [5.74, 6) is -0.222. The van der Waals surface area contributed by atoms with Gasteiger partial charge in [0.2, 0.25) is 0 Å². The molecule has 2 aliphatic heterocycles. The molecule has 37 heavy (non-hydrogen) atoms. The van der Waals surface area contributed by atoms with Crippen LogP contribution in [0, 0.1) is 0 Å². The molecule has 194 valence electrons.